The van der Waals surface area contributed by atoms with E-state index >= 15 is 0 Å². The lowest BCUT2D eigenvalue weighted by Crippen LogP contribution is -2.07. The van der Waals surface area contributed by atoms with E-state index < -0.39 is 0 Å². The molecule has 0 bridgehead atoms. The molecule has 0 fully saturated rings. The molecule has 82 valence electrons. The van der Waals surface area contributed by atoms with Crippen LogP contribution in [0.2, 0.25) is 0 Å². The number of fused-ring (bicyclic) bond motifs is 1. The monoisotopic (exact) mass is 291 g/mol. The Labute approximate surface area is 103 Å². The predicted molar refractivity (Wildman–Crippen MR) is 64.6 cm³/mol. The van der Waals surface area contributed by atoms with Crippen LogP contribution in [0.1, 0.15) is 11.6 Å². The molecular weight excluding hydrogens is 281 g/mol. The molecule has 1 aromatic carbocycles. The van der Waals surface area contributed by atoms with E-state index in [1.165, 1.54) is 0 Å². The van der Waals surface area contributed by atoms with Gasteiger partial charge < -0.3 is 15.2 Å². The van der Waals surface area contributed by atoms with Crippen molar-refractivity contribution in [3.05, 3.63) is 34.8 Å². The average Bonchev–Trinajstić information content (AvgIpc) is 2.62. The molecule has 2 N–H and O–H groups in total. The van der Waals surface area contributed by atoms with Gasteiger partial charge in [-0.3, -0.25) is 0 Å². The number of ether oxygens (including phenoxy) is 2. The third kappa shape index (κ3) is 2.27. The molecule has 0 unspecified atom stereocenters. The summed E-state index contributed by atoms with van der Waals surface area (Å²) < 4.78 is 11.4. The number of rotatable bonds is 2. The third-order valence-electron chi connectivity index (χ3n) is 2.10. The fraction of sp³-hybridized carbons (Fsp3) is 0.200. The summed E-state index contributed by atoms with van der Waals surface area (Å²) in [5.74, 6) is 1.48. The molecule has 1 aliphatic rings. The van der Waals surface area contributed by atoms with Gasteiger partial charge in [0.25, 0.3) is 0 Å². The number of nitrogens with two attached hydrogens (primary N) is 1. The summed E-state index contributed by atoms with van der Waals surface area (Å²) in [5.41, 5.74) is 6.79. The van der Waals surface area contributed by atoms with Crippen molar-refractivity contribution in [2.45, 2.75) is 6.04 Å². The van der Waals surface area contributed by atoms with Crippen LogP contribution in [0.4, 0.5) is 0 Å². The maximum Gasteiger partial charge on any atom is 0.231 e. The molecule has 15 heavy (non-hydrogen) atoms. The highest BCUT2D eigenvalue weighted by molar-refractivity contribution is 9.10. The van der Waals surface area contributed by atoms with Gasteiger partial charge >= 0.3 is 0 Å². The van der Waals surface area contributed by atoms with Gasteiger partial charge in [-0.05, 0) is 17.7 Å². The summed E-state index contributed by atoms with van der Waals surface area (Å²) in [4.78, 5) is 0. The first-order valence-corrected chi connectivity index (χ1v) is 4.99. The lowest BCUT2D eigenvalue weighted by atomic mass is 10.1. The highest BCUT2D eigenvalue weighted by Crippen LogP contribution is 2.38. The summed E-state index contributed by atoms with van der Waals surface area (Å²) in [6.45, 7) is 3.93. The molecule has 3 nitrogen and oxygen atoms in total. The number of benzene rings is 1. The van der Waals surface area contributed by atoms with E-state index in [4.69, 9.17) is 15.2 Å². The van der Waals surface area contributed by atoms with E-state index in [1.54, 1.807) is 6.08 Å². The Hall–Kier alpha value is -0.710. The Bertz CT molecular complexity index is 384. The van der Waals surface area contributed by atoms with Gasteiger partial charge in [0.1, 0.15) is 0 Å². The van der Waals surface area contributed by atoms with Crippen LogP contribution in [0, 0.1) is 0 Å². The first kappa shape index (κ1) is 12.4. The first-order chi connectivity index (χ1) is 6.72. The Balaban J connectivity index is 0.00000112. The fourth-order valence-corrected chi connectivity index (χ4v) is 1.90. The average molecular weight is 293 g/mol. The van der Waals surface area contributed by atoms with Gasteiger partial charge in [0, 0.05) is 10.5 Å². The maximum atomic E-state index is 5.84. The van der Waals surface area contributed by atoms with Crippen LogP contribution in [0.25, 0.3) is 0 Å². The third-order valence-corrected chi connectivity index (χ3v) is 2.79. The van der Waals surface area contributed by atoms with E-state index in [0.29, 0.717) is 0 Å². The molecule has 1 heterocycles. The van der Waals surface area contributed by atoms with Crippen LogP contribution in [0.5, 0.6) is 11.5 Å². The van der Waals surface area contributed by atoms with Crippen LogP contribution in [-0.2, 0) is 0 Å². The maximum absolute atomic E-state index is 5.84. The molecule has 0 aromatic heterocycles. The van der Waals surface area contributed by atoms with E-state index in [-0.39, 0.29) is 25.2 Å². The van der Waals surface area contributed by atoms with Gasteiger partial charge in [-0.25, -0.2) is 0 Å². The van der Waals surface area contributed by atoms with Crippen molar-refractivity contribution in [2.75, 3.05) is 6.79 Å². The van der Waals surface area contributed by atoms with Gasteiger partial charge in [0.2, 0.25) is 6.79 Å². The van der Waals surface area contributed by atoms with Crippen molar-refractivity contribution in [3.63, 3.8) is 0 Å². The van der Waals surface area contributed by atoms with Crippen LogP contribution in [0.3, 0.4) is 0 Å². The zero-order chi connectivity index (χ0) is 10.1. The van der Waals surface area contributed by atoms with Crippen LogP contribution < -0.4 is 15.2 Å². The summed E-state index contributed by atoms with van der Waals surface area (Å²) in [5, 5.41) is 0. The molecule has 0 saturated carbocycles. The first-order valence-electron chi connectivity index (χ1n) is 4.19. The molecule has 1 aromatic rings. The van der Waals surface area contributed by atoms with Crippen molar-refractivity contribution >= 4 is 28.3 Å². The second-order valence-corrected chi connectivity index (χ2v) is 3.84. The fourth-order valence-electron chi connectivity index (χ4n) is 1.32. The molecule has 0 saturated heterocycles. The highest BCUT2D eigenvalue weighted by atomic mass is 79.9. The topological polar surface area (TPSA) is 44.5 Å². The summed E-state index contributed by atoms with van der Waals surface area (Å²) in [7, 11) is 0. The van der Waals surface area contributed by atoms with Crippen molar-refractivity contribution in [1.82, 2.24) is 0 Å². The van der Waals surface area contributed by atoms with Gasteiger partial charge in [-0.2, -0.15) is 0 Å². The minimum Gasteiger partial charge on any atom is -0.454 e. The van der Waals surface area contributed by atoms with Crippen molar-refractivity contribution in [2.24, 2.45) is 5.73 Å². The lowest BCUT2D eigenvalue weighted by molar-refractivity contribution is 0.174. The Kier molecular flexibility index (Phi) is 4.02. The van der Waals surface area contributed by atoms with Crippen molar-refractivity contribution in [1.29, 1.82) is 0 Å². The molecule has 0 aliphatic carbocycles. The van der Waals surface area contributed by atoms with Crippen LogP contribution >= 0.6 is 28.3 Å². The van der Waals surface area contributed by atoms with E-state index in [1.807, 2.05) is 12.1 Å². The van der Waals surface area contributed by atoms with Gasteiger partial charge in [0.15, 0.2) is 11.5 Å². The van der Waals surface area contributed by atoms with Gasteiger partial charge in [-0.1, -0.05) is 22.0 Å². The molecule has 2 rings (SSSR count). The summed E-state index contributed by atoms with van der Waals surface area (Å²) >= 11 is 3.43. The second kappa shape index (κ2) is 4.88. The number of hydrogen-bond donors (Lipinski definition) is 1. The molecule has 0 spiro atoms. The molecule has 1 atom stereocenters. The van der Waals surface area contributed by atoms with Crippen molar-refractivity contribution in [3.8, 4) is 11.5 Å². The molecular formula is C10H11BrClNO2. The highest BCUT2D eigenvalue weighted by Gasteiger charge is 2.17. The Morgan fingerprint density at radius 3 is 2.60 bits per heavy atom. The van der Waals surface area contributed by atoms with Crippen LogP contribution in [0.15, 0.2) is 29.3 Å². The molecule has 5 heteroatoms. The van der Waals surface area contributed by atoms with E-state index in [9.17, 15) is 0 Å². The van der Waals surface area contributed by atoms with Gasteiger partial charge in [0.05, 0.1) is 0 Å². The predicted octanol–water partition coefficient (Wildman–Crippen LogP) is 2.79. The van der Waals surface area contributed by atoms with E-state index in [0.717, 1.165) is 21.5 Å². The van der Waals surface area contributed by atoms with Crippen molar-refractivity contribution < 1.29 is 9.47 Å². The van der Waals surface area contributed by atoms with Gasteiger partial charge in [-0.15, -0.1) is 19.0 Å². The summed E-state index contributed by atoms with van der Waals surface area (Å²) in [6.07, 6.45) is 1.68. The second-order valence-electron chi connectivity index (χ2n) is 2.99. The molecule has 1 aliphatic heterocycles. The standard InChI is InChI=1S/C10H10BrNO2.ClH/c1-2-8(12)6-3-9-10(4-7(6)11)14-5-13-9;/h2-4,8H,1,5,12H2;1H/t8-;/m0./s1. The Morgan fingerprint density at radius 2 is 2.00 bits per heavy atom. The Morgan fingerprint density at radius 1 is 1.40 bits per heavy atom. The minimum absolute atomic E-state index is 0. The SMILES string of the molecule is C=C[C@H](N)c1cc2c(cc1Br)OCO2.Cl. The summed E-state index contributed by atoms with van der Waals surface area (Å²) in [6, 6.07) is 3.54. The van der Waals surface area contributed by atoms with E-state index in [2.05, 4.69) is 22.5 Å². The van der Waals surface area contributed by atoms with Crippen LogP contribution in [-0.4, -0.2) is 6.79 Å². The quantitative estimate of drug-likeness (QED) is 0.853. The number of hydrogen-bond acceptors (Lipinski definition) is 3. The minimum atomic E-state index is -0.195. The number of halogens is 2. The lowest BCUT2D eigenvalue weighted by Gasteiger charge is -2.10. The normalized spacial score (nSPS) is 14.3. The zero-order valence-corrected chi connectivity index (χ0v) is 10.3. The molecule has 0 radical (unpaired) electrons. The largest absolute Gasteiger partial charge is 0.454 e. The molecule has 0 amide bonds. The smallest absolute Gasteiger partial charge is 0.231 e. The zero-order valence-electron chi connectivity index (χ0n) is 7.90.